The van der Waals surface area contributed by atoms with Crippen molar-refractivity contribution in [2.45, 2.75) is 20.0 Å². The summed E-state index contributed by atoms with van der Waals surface area (Å²) in [5.41, 5.74) is -0.409. The lowest BCUT2D eigenvalue weighted by atomic mass is 10.2. The quantitative estimate of drug-likeness (QED) is 0.792. The zero-order chi connectivity index (χ0) is 11.7. The normalized spacial score (nSPS) is 10.9. The molecule has 84 valence electrons. The Kier molecular flexibility index (Phi) is 2.52. The van der Waals surface area contributed by atoms with Crippen LogP contribution in [0.1, 0.15) is 13.8 Å². The van der Waals surface area contributed by atoms with E-state index in [1.54, 1.807) is 18.2 Å². The molecule has 0 saturated heterocycles. The summed E-state index contributed by atoms with van der Waals surface area (Å²) in [5.74, 6) is 0.611. The Balaban J connectivity index is 2.62. The number of aromatic nitrogens is 2. The molecule has 5 nitrogen and oxygen atoms in total. The van der Waals surface area contributed by atoms with E-state index in [9.17, 15) is 9.59 Å². The molecule has 0 unspecified atom stereocenters. The van der Waals surface area contributed by atoms with Crippen LogP contribution >= 0.6 is 0 Å². The number of benzene rings is 1. The topological polar surface area (TPSA) is 75.0 Å². The van der Waals surface area contributed by atoms with Crippen LogP contribution in [0.2, 0.25) is 0 Å². The van der Waals surface area contributed by atoms with E-state index in [0.717, 1.165) is 0 Å². The van der Waals surface area contributed by atoms with E-state index in [0.29, 0.717) is 16.7 Å². The largest absolute Gasteiger partial charge is 0.491 e. The van der Waals surface area contributed by atoms with Crippen LogP contribution < -0.4 is 16.0 Å². The van der Waals surface area contributed by atoms with Gasteiger partial charge >= 0.3 is 5.69 Å². The van der Waals surface area contributed by atoms with Crippen molar-refractivity contribution in [2.75, 3.05) is 0 Å². The van der Waals surface area contributed by atoms with E-state index in [-0.39, 0.29) is 6.10 Å². The highest BCUT2D eigenvalue weighted by molar-refractivity contribution is 5.78. The molecule has 1 heterocycles. The Labute approximate surface area is 91.1 Å². The minimum absolute atomic E-state index is 0.0410. The van der Waals surface area contributed by atoms with Crippen molar-refractivity contribution < 1.29 is 4.74 Å². The average molecular weight is 220 g/mol. The van der Waals surface area contributed by atoms with E-state index in [2.05, 4.69) is 9.97 Å². The molecule has 2 aromatic rings. The van der Waals surface area contributed by atoms with E-state index in [1.165, 1.54) is 0 Å². The molecule has 5 heteroatoms. The van der Waals surface area contributed by atoms with Crippen molar-refractivity contribution in [2.24, 2.45) is 0 Å². The van der Waals surface area contributed by atoms with Gasteiger partial charge in [0.2, 0.25) is 0 Å². The molecule has 0 spiro atoms. The highest BCUT2D eigenvalue weighted by Crippen LogP contribution is 2.16. The van der Waals surface area contributed by atoms with Crippen LogP contribution in [0.5, 0.6) is 5.75 Å². The third-order valence-corrected chi connectivity index (χ3v) is 2.08. The molecule has 0 bridgehead atoms. The first-order valence-corrected chi connectivity index (χ1v) is 4.99. The van der Waals surface area contributed by atoms with Crippen LogP contribution in [0, 0.1) is 0 Å². The van der Waals surface area contributed by atoms with Crippen LogP contribution in [0.25, 0.3) is 10.9 Å². The fraction of sp³-hybridized carbons (Fsp3) is 0.273. The van der Waals surface area contributed by atoms with Crippen molar-refractivity contribution in [1.29, 1.82) is 0 Å². The van der Waals surface area contributed by atoms with Gasteiger partial charge in [-0.3, -0.25) is 9.78 Å². The number of rotatable bonds is 2. The standard InChI is InChI=1S/C11H12N2O3/c1-6(2)16-7-3-4-9-8(5-7)10(14)13-11(15)12-9/h3-6H,1-2H3,(H2,12,13,14,15). The molecule has 0 aliphatic heterocycles. The van der Waals surface area contributed by atoms with Gasteiger partial charge in [-0.05, 0) is 32.0 Å². The van der Waals surface area contributed by atoms with Crippen LogP contribution in [0.15, 0.2) is 27.8 Å². The highest BCUT2D eigenvalue weighted by Gasteiger charge is 2.03. The summed E-state index contributed by atoms with van der Waals surface area (Å²) in [6.07, 6.45) is 0.0410. The zero-order valence-electron chi connectivity index (χ0n) is 9.03. The molecule has 16 heavy (non-hydrogen) atoms. The number of aromatic amines is 2. The number of hydrogen-bond acceptors (Lipinski definition) is 3. The van der Waals surface area contributed by atoms with Crippen LogP contribution in [0.3, 0.4) is 0 Å². The van der Waals surface area contributed by atoms with Crippen LogP contribution in [0.4, 0.5) is 0 Å². The SMILES string of the molecule is CC(C)Oc1ccc2[nH]c(=O)[nH]c(=O)c2c1. The van der Waals surface area contributed by atoms with E-state index < -0.39 is 11.2 Å². The molecular formula is C11H12N2O3. The second kappa shape index (κ2) is 3.84. The number of H-pyrrole nitrogens is 2. The molecule has 0 radical (unpaired) electrons. The Bertz CT molecular complexity index is 625. The van der Waals surface area contributed by atoms with Gasteiger partial charge in [0.1, 0.15) is 5.75 Å². The van der Waals surface area contributed by atoms with Gasteiger partial charge < -0.3 is 9.72 Å². The highest BCUT2D eigenvalue weighted by atomic mass is 16.5. The smallest absolute Gasteiger partial charge is 0.326 e. The summed E-state index contributed by atoms with van der Waals surface area (Å²) in [7, 11) is 0. The molecule has 1 aromatic carbocycles. The van der Waals surface area contributed by atoms with Crippen LogP contribution in [-0.4, -0.2) is 16.1 Å². The molecule has 0 fully saturated rings. The number of hydrogen-bond donors (Lipinski definition) is 2. The molecular weight excluding hydrogens is 208 g/mol. The first-order valence-electron chi connectivity index (χ1n) is 4.99. The molecule has 0 aliphatic carbocycles. The fourth-order valence-corrected chi connectivity index (χ4v) is 1.49. The molecule has 1 aromatic heterocycles. The van der Waals surface area contributed by atoms with Crippen molar-refractivity contribution in [1.82, 2.24) is 9.97 Å². The summed E-state index contributed by atoms with van der Waals surface area (Å²) in [6, 6.07) is 4.99. The first-order chi connectivity index (χ1) is 7.56. The van der Waals surface area contributed by atoms with Gasteiger partial charge in [0.15, 0.2) is 0 Å². The Morgan fingerprint density at radius 2 is 1.94 bits per heavy atom. The van der Waals surface area contributed by atoms with Crippen LogP contribution in [-0.2, 0) is 0 Å². The van der Waals surface area contributed by atoms with Gasteiger partial charge in [0.25, 0.3) is 5.56 Å². The maximum absolute atomic E-state index is 11.5. The number of ether oxygens (including phenoxy) is 1. The minimum Gasteiger partial charge on any atom is -0.491 e. The summed E-state index contributed by atoms with van der Waals surface area (Å²) < 4.78 is 5.46. The third kappa shape index (κ3) is 1.98. The lowest BCUT2D eigenvalue weighted by molar-refractivity contribution is 0.242. The van der Waals surface area contributed by atoms with Crippen molar-refractivity contribution in [3.8, 4) is 5.75 Å². The van der Waals surface area contributed by atoms with Gasteiger partial charge in [-0.2, -0.15) is 0 Å². The summed E-state index contributed by atoms with van der Waals surface area (Å²) in [4.78, 5) is 27.2. The van der Waals surface area contributed by atoms with Crippen molar-refractivity contribution in [3.05, 3.63) is 39.0 Å². The van der Waals surface area contributed by atoms with Gasteiger partial charge in [-0.15, -0.1) is 0 Å². The fourth-order valence-electron chi connectivity index (χ4n) is 1.49. The van der Waals surface area contributed by atoms with Gasteiger partial charge in [-0.25, -0.2) is 4.79 Å². The minimum atomic E-state index is -0.505. The Morgan fingerprint density at radius 3 is 2.62 bits per heavy atom. The lowest BCUT2D eigenvalue weighted by Crippen LogP contribution is -2.21. The first kappa shape index (κ1) is 10.5. The second-order valence-corrected chi connectivity index (χ2v) is 3.78. The number of nitrogens with one attached hydrogen (secondary N) is 2. The lowest BCUT2D eigenvalue weighted by Gasteiger charge is -2.09. The third-order valence-electron chi connectivity index (χ3n) is 2.08. The van der Waals surface area contributed by atoms with Gasteiger partial charge in [-0.1, -0.05) is 0 Å². The Hall–Kier alpha value is -2.04. The molecule has 2 N–H and O–H groups in total. The predicted molar refractivity (Wildman–Crippen MR) is 61.0 cm³/mol. The van der Waals surface area contributed by atoms with Gasteiger partial charge in [0, 0.05) is 0 Å². The predicted octanol–water partition coefficient (Wildman–Crippen LogP) is 1.00. The van der Waals surface area contributed by atoms with E-state index >= 15 is 0 Å². The van der Waals surface area contributed by atoms with E-state index in [1.807, 2.05) is 13.8 Å². The summed E-state index contributed by atoms with van der Waals surface area (Å²) in [5, 5.41) is 0.415. The van der Waals surface area contributed by atoms with Gasteiger partial charge in [0.05, 0.1) is 17.0 Å². The van der Waals surface area contributed by atoms with Crippen molar-refractivity contribution in [3.63, 3.8) is 0 Å². The summed E-state index contributed by atoms with van der Waals surface area (Å²) in [6.45, 7) is 3.81. The second-order valence-electron chi connectivity index (χ2n) is 3.78. The molecule has 0 amide bonds. The number of fused-ring (bicyclic) bond motifs is 1. The Morgan fingerprint density at radius 1 is 1.19 bits per heavy atom. The maximum Gasteiger partial charge on any atom is 0.326 e. The molecule has 0 atom stereocenters. The summed E-state index contributed by atoms with van der Waals surface area (Å²) >= 11 is 0. The van der Waals surface area contributed by atoms with Crippen molar-refractivity contribution >= 4 is 10.9 Å². The molecule has 0 saturated carbocycles. The molecule has 0 aliphatic rings. The van der Waals surface area contributed by atoms with E-state index in [4.69, 9.17) is 4.74 Å². The molecule has 2 rings (SSSR count). The monoisotopic (exact) mass is 220 g/mol. The maximum atomic E-state index is 11.5. The zero-order valence-corrected chi connectivity index (χ0v) is 9.03. The average Bonchev–Trinajstić information content (AvgIpc) is 2.18.